The standard InChI is InChI=1S/C15H12N4O2/c1-21-12-7-5-11(6-8-12)14-10-19(20)15(18-17-14)13-4-2-3-9-16-13/h2-10H,1H3. The van der Waals surface area contributed by atoms with Crippen molar-refractivity contribution in [1.29, 1.82) is 0 Å². The molecule has 6 heteroatoms. The molecule has 0 aliphatic carbocycles. The lowest BCUT2D eigenvalue weighted by Crippen LogP contribution is -2.31. The molecule has 3 aromatic rings. The van der Waals surface area contributed by atoms with Crippen molar-refractivity contribution in [3.8, 4) is 28.5 Å². The molecule has 0 saturated carbocycles. The van der Waals surface area contributed by atoms with Gasteiger partial charge in [-0.3, -0.25) is 0 Å². The Bertz CT molecular complexity index is 745. The summed E-state index contributed by atoms with van der Waals surface area (Å²) in [6.45, 7) is 0. The topological polar surface area (TPSA) is 74.8 Å². The lowest BCUT2D eigenvalue weighted by molar-refractivity contribution is -0.597. The summed E-state index contributed by atoms with van der Waals surface area (Å²) in [5.41, 5.74) is 1.77. The molecule has 2 aromatic heterocycles. The first-order valence-electron chi connectivity index (χ1n) is 6.30. The summed E-state index contributed by atoms with van der Waals surface area (Å²) in [6.07, 6.45) is 2.99. The number of aromatic nitrogens is 4. The molecule has 3 rings (SSSR count). The molecule has 6 nitrogen and oxygen atoms in total. The number of hydrogen-bond acceptors (Lipinski definition) is 5. The first-order valence-corrected chi connectivity index (χ1v) is 6.30. The van der Waals surface area contributed by atoms with Crippen LogP contribution in [0.3, 0.4) is 0 Å². The Balaban J connectivity index is 1.97. The van der Waals surface area contributed by atoms with Gasteiger partial charge < -0.3 is 9.94 Å². The first kappa shape index (κ1) is 13.0. The Morgan fingerprint density at radius 1 is 1.00 bits per heavy atom. The average molecular weight is 280 g/mol. The van der Waals surface area contributed by atoms with Crippen molar-refractivity contribution in [3.63, 3.8) is 0 Å². The second-order valence-electron chi connectivity index (χ2n) is 4.31. The van der Waals surface area contributed by atoms with Crippen LogP contribution in [-0.2, 0) is 0 Å². The van der Waals surface area contributed by atoms with Crippen LogP contribution in [0.5, 0.6) is 5.75 Å². The molecule has 0 saturated heterocycles. The summed E-state index contributed by atoms with van der Waals surface area (Å²) >= 11 is 0. The van der Waals surface area contributed by atoms with Crippen molar-refractivity contribution >= 4 is 0 Å². The maximum Gasteiger partial charge on any atom is 0.379 e. The van der Waals surface area contributed by atoms with E-state index >= 15 is 0 Å². The second-order valence-corrected chi connectivity index (χ2v) is 4.31. The average Bonchev–Trinajstić information content (AvgIpc) is 2.55. The molecule has 0 fully saturated rings. The third-order valence-corrected chi connectivity index (χ3v) is 2.98. The predicted octanol–water partition coefficient (Wildman–Crippen LogP) is 1.85. The van der Waals surface area contributed by atoms with Crippen molar-refractivity contribution in [2.24, 2.45) is 0 Å². The Labute approximate surface area is 121 Å². The van der Waals surface area contributed by atoms with E-state index in [0.717, 1.165) is 11.3 Å². The minimum atomic E-state index is 0.174. The molecule has 104 valence electrons. The lowest BCUT2D eigenvalue weighted by atomic mass is 10.1. The van der Waals surface area contributed by atoms with E-state index in [1.165, 1.54) is 6.20 Å². The number of benzene rings is 1. The van der Waals surface area contributed by atoms with Crippen molar-refractivity contribution in [1.82, 2.24) is 15.2 Å². The smallest absolute Gasteiger partial charge is 0.379 e. The summed E-state index contributed by atoms with van der Waals surface area (Å²) in [5, 5.41) is 20.2. The maximum atomic E-state index is 12.1. The minimum Gasteiger partial charge on any atom is -0.710 e. The van der Waals surface area contributed by atoms with Crippen LogP contribution in [0.1, 0.15) is 0 Å². The SMILES string of the molecule is COc1ccc(-c2c[n+]([O-])c(-c3ccccn3)nn2)cc1. The van der Waals surface area contributed by atoms with Gasteiger partial charge in [-0.15, -0.1) is 0 Å². The van der Waals surface area contributed by atoms with E-state index < -0.39 is 0 Å². The molecule has 0 unspecified atom stereocenters. The van der Waals surface area contributed by atoms with Gasteiger partial charge in [0.25, 0.3) is 0 Å². The third kappa shape index (κ3) is 2.64. The molecule has 1 aromatic carbocycles. The summed E-state index contributed by atoms with van der Waals surface area (Å²) < 4.78 is 5.77. The summed E-state index contributed by atoms with van der Waals surface area (Å²) in [4.78, 5) is 4.10. The van der Waals surface area contributed by atoms with Crippen LogP contribution in [0.25, 0.3) is 22.8 Å². The fourth-order valence-electron chi connectivity index (χ4n) is 1.90. The van der Waals surface area contributed by atoms with Crippen LogP contribution in [0.4, 0.5) is 0 Å². The van der Waals surface area contributed by atoms with Gasteiger partial charge in [-0.1, -0.05) is 6.07 Å². The summed E-state index contributed by atoms with van der Waals surface area (Å²) in [5.74, 6) is 0.916. The Morgan fingerprint density at radius 3 is 2.43 bits per heavy atom. The van der Waals surface area contributed by atoms with E-state index in [-0.39, 0.29) is 5.82 Å². The van der Waals surface area contributed by atoms with Gasteiger partial charge in [0.15, 0.2) is 11.4 Å². The monoisotopic (exact) mass is 280 g/mol. The highest BCUT2D eigenvalue weighted by molar-refractivity contribution is 5.58. The fraction of sp³-hybridized carbons (Fsp3) is 0.0667. The minimum absolute atomic E-state index is 0.174. The van der Waals surface area contributed by atoms with Crippen molar-refractivity contribution < 1.29 is 9.47 Å². The Kier molecular flexibility index (Phi) is 3.42. The molecule has 0 spiro atoms. The quantitative estimate of drug-likeness (QED) is 0.540. The van der Waals surface area contributed by atoms with Crippen LogP contribution >= 0.6 is 0 Å². The normalized spacial score (nSPS) is 10.3. The number of ether oxygens (including phenoxy) is 1. The molecule has 21 heavy (non-hydrogen) atoms. The van der Waals surface area contributed by atoms with Gasteiger partial charge in [-0.05, 0) is 41.5 Å². The van der Waals surface area contributed by atoms with Crippen LogP contribution in [0.15, 0.2) is 54.9 Å². The summed E-state index contributed by atoms with van der Waals surface area (Å²) in [7, 11) is 1.60. The van der Waals surface area contributed by atoms with E-state index in [2.05, 4.69) is 15.2 Å². The number of hydrogen-bond donors (Lipinski definition) is 0. The van der Waals surface area contributed by atoms with Gasteiger partial charge in [-0.2, -0.15) is 0 Å². The fourth-order valence-corrected chi connectivity index (χ4v) is 1.90. The Morgan fingerprint density at radius 2 is 1.81 bits per heavy atom. The van der Waals surface area contributed by atoms with Crippen molar-refractivity contribution in [2.75, 3.05) is 7.11 Å². The molecule has 0 aliphatic heterocycles. The second kappa shape index (κ2) is 5.54. The highest BCUT2D eigenvalue weighted by Gasteiger charge is 2.15. The predicted molar refractivity (Wildman–Crippen MR) is 76.2 cm³/mol. The third-order valence-electron chi connectivity index (χ3n) is 2.98. The van der Waals surface area contributed by atoms with Gasteiger partial charge in [0.2, 0.25) is 0 Å². The Hall–Kier alpha value is -3.02. The van der Waals surface area contributed by atoms with E-state index in [0.29, 0.717) is 16.1 Å². The maximum absolute atomic E-state index is 12.1. The lowest BCUT2D eigenvalue weighted by Gasteiger charge is -2.06. The van der Waals surface area contributed by atoms with Crippen LogP contribution < -0.4 is 9.47 Å². The number of pyridine rings is 1. The molecule has 0 atom stereocenters. The zero-order valence-electron chi connectivity index (χ0n) is 11.3. The zero-order valence-corrected chi connectivity index (χ0v) is 11.3. The van der Waals surface area contributed by atoms with Gasteiger partial charge in [0, 0.05) is 11.8 Å². The van der Waals surface area contributed by atoms with E-state index in [1.54, 1.807) is 43.6 Å². The highest BCUT2D eigenvalue weighted by atomic mass is 16.5. The molecule has 0 bridgehead atoms. The van der Waals surface area contributed by atoms with Crippen LogP contribution in [0.2, 0.25) is 0 Å². The molecule has 0 amide bonds. The molecule has 0 radical (unpaired) electrons. The summed E-state index contributed by atoms with van der Waals surface area (Å²) in [6, 6.07) is 12.5. The highest BCUT2D eigenvalue weighted by Crippen LogP contribution is 2.19. The van der Waals surface area contributed by atoms with Gasteiger partial charge in [-0.25, -0.2) is 9.71 Å². The number of nitrogens with zero attached hydrogens (tertiary/aromatic N) is 4. The molecule has 0 N–H and O–H groups in total. The zero-order chi connectivity index (χ0) is 14.7. The largest absolute Gasteiger partial charge is 0.710 e. The number of methoxy groups -OCH3 is 1. The van der Waals surface area contributed by atoms with E-state index in [4.69, 9.17) is 4.74 Å². The van der Waals surface area contributed by atoms with Gasteiger partial charge in [0.05, 0.1) is 12.2 Å². The van der Waals surface area contributed by atoms with Crippen LogP contribution in [0, 0.1) is 5.21 Å². The molecular weight excluding hydrogens is 268 g/mol. The van der Waals surface area contributed by atoms with E-state index in [1.807, 2.05) is 12.1 Å². The van der Waals surface area contributed by atoms with Crippen molar-refractivity contribution in [2.45, 2.75) is 0 Å². The molecular formula is C15H12N4O2. The first-order chi connectivity index (χ1) is 10.3. The van der Waals surface area contributed by atoms with Crippen molar-refractivity contribution in [3.05, 3.63) is 60.1 Å². The van der Waals surface area contributed by atoms with Gasteiger partial charge in [0.1, 0.15) is 11.9 Å². The number of rotatable bonds is 3. The van der Waals surface area contributed by atoms with Gasteiger partial charge >= 0.3 is 5.82 Å². The van der Waals surface area contributed by atoms with Crippen LogP contribution in [-0.4, -0.2) is 22.3 Å². The molecule has 2 heterocycles. The van der Waals surface area contributed by atoms with E-state index in [9.17, 15) is 5.21 Å². The molecule has 0 aliphatic rings.